The summed E-state index contributed by atoms with van der Waals surface area (Å²) < 4.78 is 2.15. The van der Waals surface area contributed by atoms with Crippen LogP contribution in [0.3, 0.4) is 0 Å². The van der Waals surface area contributed by atoms with Gasteiger partial charge in [0.1, 0.15) is 0 Å². The second-order valence-corrected chi connectivity index (χ2v) is 6.27. The van der Waals surface area contributed by atoms with Crippen molar-refractivity contribution in [2.75, 3.05) is 0 Å². The Hall–Kier alpha value is -0.910. The number of aliphatic hydroxyl groups excluding tert-OH is 1. The van der Waals surface area contributed by atoms with Crippen LogP contribution in [-0.4, -0.2) is 26.6 Å². The molecule has 5 heteroatoms. The minimum atomic E-state index is -0.200. The first-order valence-corrected chi connectivity index (χ1v) is 7.96. The minimum Gasteiger partial charge on any atom is -0.392 e. The molecule has 2 unspecified atom stereocenters. The summed E-state index contributed by atoms with van der Waals surface area (Å²) >= 11 is 1.66. The first-order chi connectivity index (χ1) is 9.25. The molecule has 4 nitrogen and oxygen atoms in total. The van der Waals surface area contributed by atoms with Crippen molar-refractivity contribution in [3.8, 4) is 0 Å². The molecule has 2 atom stereocenters. The van der Waals surface area contributed by atoms with E-state index in [0.29, 0.717) is 0 Å². The van der Waals surface area contributed by atoms with Crippen LogP contribution in [0.5, 0.6) is 0 Å². The Balaban J connectivity index is 1.71. The standard InChI is InChI=1S/C14H21N3OS/c1-10-12(17-7-8-19-14(17)16-10)9-15-11-5-3-2-4-6-13(11)18/h7-8,11,13,15,18H,2-6,9H2,1H3. The number of nitrogens with zero attached hydrogens (tertiary/aromatic N) is 2. The van der Waals surface area contributed by atoms with Gasteiger partial charge in [0, 0.05) is 24.2 Å². The van der Waals surface area contributed by atoms with Crippen LogP contribution in [-0.2, 0) is 6.54 Å². The van der Waals surface area contributed by atoms with Crippen LogP contribution in [0.2, 0.25) is 0 Å². The molecule has 1 aliphatic rings. The Morgan fingerprint density at radius 3 is 3.16 bits per heavy atom. The van der Waals surface area contributed by atoms with Crippen LogP contribution in [0.4, 0.5) is 0 Å². The maximum atomic E-state index is 10.1. The van der Waals surface area contributed by atoms with E-state index in [9.17, 15) is 5.11 Å². The topological polar surface area (TPSA) is 49.6 Å². The predicted molar refractivity (Wildman–Crippen MR) is 77.5 cm³/mol. The van der Waals surface area contributed by atoms with E-state index in [1.165, 1.54) is 18.5 Å². The van der Waals surface area contributed by atoms with Gasteiger partial charge in [-0.3, -0.25) is 4.40 Å². The number of rotatable bonds is 3. The normalized spacial score (nSPS) is 24.7. The Morgan fingerprint density at radius 2 is 2.26 bits per heavy atom. The third-order valence-corrected chi connectivity index (χ3v) is 4.83. The van der Waals surface area contributed by atoms with Gasteiger partial charge >= 0.3 is 0 Å². The molecule has 0 bridgehead atoms. The van der Waals surface area contributed by atoms with Gasteiger partial charge in [0.25, 0.3) is 0 Å². The number of thiazole rings is 1. The smallest absolute Gasteiger partial charge is 0.194 e. The Labute approximate surface area is 117 Å². The number of imidazole rings is 1. The lowest BCUT2D eigenvalue weighted by molar-refractivity contribution is 0.119. The summed E-state index contributed by atoms with van der Waals surface area (Å²) in [6, 6.07) is 0.228. The molecule has 3 rings (SSSR count). The Morgan fingerprint density at radius 1 is 1.42 bits per heavy atom. The van der Waals surface area contributed by atoms with Gasteiger partial charge in [0.2, 0.25) is 0 Å². The number of aromatic nitrogens is 2. The van der Waals surface area contributed by atoms with Crippen LogP contribution >= 0.6 is 11.3 Å². The quantitative estimate of drug-likeness (QED) is 0.849. The summed E-state index contributed by atoms with van der Waals surface area (Å²) in [5.41, 5.74) is 2.30. The number of aliphatic hydroxyl groups is 1. The summed E-state index contributed by atoms with van der Waals surface area (Å²) in [7, 11) is 0. The first-order valence-electron chi connectivity index (χ1n) is 7.08. The summed E-state index contributed by atoms with van der Waals surface area (Å²) in [5, 5.41) is 15.7. The van der Waals surface area contributed by atoms with Gasteiger partial charge in [-0.25, -0.2) is 4.98 Å². The molecule has 0 radical (unpaired) electrons. The molecule has 2 N–H and O–H groups in total. The molecule has 2 aromatic rings. The van der Waals surface area contributed by atoms with Crippen molar-refractivity contribution >= 4 is 16.3 Å². The van der Waals surface area contributed by atoms with Crippen LogP contribution in [0.1, 0.15) is 43.5 Å². The number of hydrogen-bond acceptors (Lipinski definition) is 4. The minimum absolute atomic E-state index is 0.200. The number of aryl methyl sites for hydroxylation is 1. The fourth-order valence-electron chi connectivity index (χ4n) is 2.91. The van der Waals surface area contributed by atoms with Crippen molar-refractivity contribution in [2.45, 2.75) is 57.7 Å². The monoisotopic (exact) mass is 279 g/mol. The third kappa shape index (κ3) is 2.68. The summed E-state index contributed by atoms with van der Waals surface area (Å²) in [4.78, 5) is 5.60. The molecule has 0 aromatic carbocycles. The molecular weight excluding hydrogens is 258 g/mol. The summed E-state index contributed by atoms with van der Waals surface area (Å²) in [6.45, 7) is 2.84. The van der Waals surface area contributed by atoms with E-state index in [0.717, 1.165) is 36.5 Å². The molecule has 0 saturated heterocycles. The van der Waals surface area contributed by atoms with Crippen molar-refractivity contribution in [2.24, 2.45) is 0 Å². The third-order valence-electron chi connectivity index (χ3n) is 4.07. The van der Waals surface area contributed by atoms with E-state index in [-0.39, 0.29) is 12.1 Å². The molecule has 2 heterocycles. The molecule has 0 aliphatic heterocycles. The maximum Gasteiger partial charge on any atom is 0.194 e. The Bertz CT molecular complexity index is 548. The van der Waals surface area contributed by atoms with Gasteiger partial charge in [-0.2, -0.15) is 0 Å². The highest BCUT2D eigenvalue weighted by molar-refractivity contribution is 7.15. The van der Waals surface area contributed by atoms with E-state index in [4.69, 9.17) is 0 Å². The van der Waals surface area contributed by atoms with Crippen LogP contribution in [0.15, 0.2) is 11.6 Å². The van der Waals surface area contributed by atoms with Crippen LogP contribution < -0.4 is 5.32 Å². The van der Waals surface area contributed by atoms with Gasteiger partial charge < -0.3 is 10.4 Å². The van der Waals surface area contributed by atoms with Gasteiger partial charge in [-0.15, -0.1) is 11.3 Å². The lowest BCUT2D eigenvalue weighted by Gasteiger charge is -2.21. The SMILES string of the molecule is Cc1nc2sccn2c1CNC1CCCCCC1O. The largest absolute Gasteiger partial charge is 0.392 e. The van der Waals surface area contributed by atoms with Crippen LogP contribution in [0.25, 0.3) is 4.96 Å². The molecule has 1 saturated carbocycles. The van der Waals surface area contributed by atoms with Gasteiger partial charge in [0.15, 0.2) is 4.96 Å². The fourth-order valence-corrected chi connectivity index (χ4v) is 3.69. The molecule has 0 amide bonds. The zero-order valence-electron chi connectivity index (χ0n) is 11.3. The van der Waals surface area contributed by atoms with Crippen molar-refractivity contribution in [3.63, 3.8) is 0 Å². The van der Waals surface area contributed by atoms with E-state index in [1.807, 2.05) is 0 Å². The predicted octanol–water partition coefficient (Wildman–Crippen LogP) is 2.49. The van der Waals surface area contributed by atoms with Crippen molar-refractivity contribution < 1.29 is 5.11 Å². The highest BCUT2D eigenvalue weighted by Crippen LogP contribution is 2.20. The molecule has 0 spiro atoms. The van der Waals surface area contributed by atoms with Crippen molar-refractivity contribution in [1.29, 1.82) is 0 Å². The van der Waals surface area contributed by atoms with Crippen molar-refractivity contribution in [1.82, 2.24) is 14.7 Å². The second-order valence-electron chi connectivity index (χ2n) is 5.39. The van der Waals surface area contributed by atoms with Gasteiger partial charge in [0.05, 0.1) is 17.5 Å². The average molecular weight is 279 g/mol. The van der Waals surface area contributed by atoms with Gasteiger partial charge in [-0.05, 0) is 19.8 Å². The Kier molecular flexibility index (Phi) is 3.86. The molecular formula is C14H21N3OS. The van der Waals surface area contributed by atoms with E-state index in [1.54, 1.807) is 11.3 Å². The summed E-state index contributed by atoms with van der Waals surface area (Å²) in [6.07, 6.45) is 7.49. The fraction of sp³-hybridized carbons (Fsp3) is 0.643. The highest BCUT2D eigenvalue weighted by atomic mass is 32.1. The van der Waals surface area contributed by atoms with E-state index in [2.05, 4.69) is 33.2 Å². The van der Waals surface area contributed by atoms with Crippen molar-refractivity contribution in [3.05, 3.63) is 23.0 Å². The van der Waals surface area contributed by atoms with Gasteiger partial charge in [-0.1, -0.05) is 19.3 Å². The lowest BCUT2D eigenvalue weighted by Crippen LogP contribution is -2.38. The molecule has 2 aromatic heterocycles. The lowest BCUT2D eigenvalue weighted by atomic mass is 10.1. The zero-order valence-corrected chi connectivity index (χ0v) is 12.1. The average Bonchev–Trinajstić information content (AvgIpc) is 2.86. The second kappa shape index (κ2) is 5.61. The molecule has 19 heavy (non-hydrogen) atoms. The number of hydrogen-bond donors (Lipinski definition) is 2. The molecule has 1 aliphatic carbocycles. The maximum absolute atomic E-state index is 10.1. The zero-order chi connectivity index (χ0) is 13.2. The molecule has 1 fully saturated rings. The van der Waals surface area contributed by atoms with E-state index >= 15 is 0 Å². The number of nitrogens with one attached hydrogen (secondary N) is 1. The molecule has 104 valence electrons. The van der Waals surface area contributed by atoms with E-state index < -0.39 is 0 Å². The highest BCUT2D eigenvalue weighted by Gasteiger charge is 2.21. The number of fused-ring (bicyclic) bond motifs is 1. The summed E-state index contributed by atoms with van der Waals surface area (Å²) in [5.74, 6) is 0. The van der Waals surface area contributed by atoms with Crippen LogP contribution in [0, 0.1) is 6.92 Å². The first kappa shape index (κ1) is 13.1.